The summed E-state index contributed by atoms with van der Waals surface area (Å²) in [4.78, 5) is 93.0. The van der Waals surface area contributed by atoms with Gasteiger partial charge in [0.05, 0.1) is 53.7 Å². The fourth-order valence-electron chi connectivity index (χ4n) is 14.1. The molecule has 0 aliphatic carbocycles. The Bertz CT molecular complexity index is 7010. The van der Waals surface area contributed by atoms with E-state index in [0.29, 0.717) is 0 Å². The Hall–Kier alpha value is -11.7. The van der Waals surface area contributed by atoms with Crippen molar-refractivity contribution in [2.24, 2.45) is 0 Å². The van der Waals surface area contributed by atoms with Crippen LogP contribution < -0.4 is 29.9 Å². The number of pyridine rings is 6. The van der Waals surface area contributed by atoms with Gasteiger partial charge < -0.3 is 63.6 Å². The molecule has 0 fully saturated rings. The first kappa shape index (κ1) is 102. The third-order valence-corrected chi connectivity index (χ3v) is 22.1. The van der Waals surface area contributed by atoms with Crippen molar-refractivity contribution in [3.05, 3.63) is 304 Å². The molecule has 0 atom stereocenters. The number of thiophene rings is 3. The van der Waals surface area contributed by atoms with E-state index < -0.39 is 0 Å². The van der Waals surface area contributed by atoms with Crippen LogP contribution in [0.3, 0.4) is 0 Å². The van der Waals surface area contributed by atoms with Gasteiger partial charge in [0.25, 0.3) is 0 Å². The molecule has 0 unspecified atom stereocenters. The number of furan rings is 3. The van der Waals surface area contributed by atoms with Crippen LogP contribution in [0.15, 0.2) is 317 Å². The van der Waals surface area contributed by atoms with Gasteiger partial charge in [-0.1, -0.05) is 72.8 Å². The fourth-order valence-corrected chi connectivity index (χ4v) is 17.3. The first-order valence-electron chi connectivity index (χ1n) is 38.7. The molecule has 6 aromatic carbocycles. The van der Waals surface area contributed by atoms with Crippen molar-refractivity contribution < 1.29 is 173 Å². The predicted molar refractivity (Wildman–Crippen MR) is 499 cm³/mol. The Balaban J connectivity index is 0.000000165. The molecular formula is C98H74Ir6N12O11S3-6. The number of aliphatic hydroxyl groups excluding tert-OH is 4. The summed E-state index contributed by atoms with van der Waals surface area (Å²) < 4.78 is 24.7. The second-order valence-corrected chi connectivity index (χ2v) is 31.5. The molecule has 0 bridgehead atoms. The second-order valence-electron chi connectivity index (χ2n) is 28.2. The Kier molecular flexibility index (Phi) is 36.6. The number of hydrogen-bond donors (Lipinski definition) is 4. The van der Waals surface area contributed by atoms with Gasteiger partial charge in [0.1, 0.15) is 33.3 Å². The van der Waals surface area contributed by atoms with Crippen LogP contribution in [-0.2, 0) is 140 Å². The zero-order valence-electron chi connectivity index (χ0n) is 69.8. The van der Waals surface area contributed by atoms with Gasteiger partial charge in [0.2, 0.25) is 0 Å². The molecule has 18 aromatic heterocycles. The van der Waals surface area contributed by atoms with Gasteiger partial charge >= 0.3 is 0 Å². The standard InChI is InChI=1S/3C13H7N2O.3C13H7N2S.4C5H8O2.6Ir/c6*1-2-10-13(14-6-1)11-9(16-10)4-3-8-5-7-15-12(8)11;4*1-4(6)3-5(2)7;;;;;;/h6*1-7H;4*3,6H,1-2H3;;;;;;/q6*-1;;;;;;;;;;. The smallest absolute Gasteiger partial charge is 0.155 e. The van der Waals surface area contributed by atoms with Crippen LogP contribution in [0.5, 0.6) is 0 Å². The van der Waals surface area contributed by atoms with Crippen LogP contribution in [0, 0.1) is 0 Å². The Morgan fingerprint density at radius 3 is 0.654 bits per heavy atom. The maximum Gasteiger partial charge on any atom is 0.155 e. The fraction of sp³-hybridized carbons (Fsp3) is 0.0816. The maximum atomic E-state index is 10.0. The molecule has 0 aliphatic rings. The average molecular weight is 2850 g/mol. The van der Waals surface area contributed by atoms with Crippen LogP contribution in [-0.4, -0.2) is 73.5 Å². The van der Waals surface area contributed by atoms with Gasteiger partial charge in [-0.15, -0.1) is 67.1 Å². The number of ketones is 4. The number of nitrogens with zero attached hydrogens (tertiary/aromatic N) is 12. The van der Waals surface area contributed by atoms with Gasteiger partial charge in [0, 0.05) is 229 Å². The third kappa shape index (κ3) is 23.5. The zero-order valence-corrected chi connectivity index (χ0v) is 86.6. The monoisotopic (exact) mass is 2850 g/mol. The summed E-state index contributed by atoms with van der Waals surface area (Å²) in [5.74, 6) is -0.250. The number of hydrogen-bond acceptors (Lipinski definition) is 20. The maximum absolute atomic E-state index is 10.0. The van der Waals surface area contributed by atoms with E-state index in [2.05, 4.69) is 114 Å². The summed E-state index contributed by atoms with van der Waals surface area (Å²) in [6.07, 6.45) is 26.5. The number of carbonyl (C=O) groups is 4. The molecular weight excluding hydrogens is 2770 g/mol. The summed E-state index contributed by atoms with van der Waals surface area (Å²) in [7, 11) is 0. The Morgan fingerprint density at radius 1 is 0.246 bits per heavy atom. The molecule has 4 N–H and O–H groups in total. The predicted octanol–water partition coefficient (Wildman–Crippen LogP) is 24.1. The zero-order chi connectivity index (χ0) is 86.7. The van der Waals surface area contributed by atoms with E-state index in [-0.39, 0.29) is 167 Å². The van der Waals surface area contributed by atoms with Crippen molar-refractivity contribution in [2.45, 2.75) is 55.4 Å². The Labute approximate surface area is 833 Å². The minimum Gasteiger partial charge on any atom is -0.663 e. The van der Waals surface area contributed by atoms with Gasteiger partial charge in [-0.2, -0.15) is 37.2 Å². The van der Waals surface area contributed by atoms with Crippen molar-refractivity contribution in [3.8, 4) is 0 Å². The van der Waals surface area contributed by atoms with Gasteiger partial charge in [0.15, 0.2) is 39.9 Å². The molecule has 6 radical (unpaired) electrons. The van der Waals surface area contributed by atoms with Crippen LogP contribution in [0.2, 0.25) is 0 Å². The van der Waals surface area contributed by atoms with Crippen LogP contribution in [0.25, 0.3) is 193 Å². The summed E-state index contributed by atoms with van der Waals surface area (Å²) in [6.45, 7) is 11.4. The average Bonchev–Trinajstić information content (AvgIpc) is 1.64. The minimum absolute atomic E-state index is 0. The topological polar surface area (TPSA) is 351 Å². The van der Waals surface area contributed by atoms with Crippen molar-refractivity contribution in [2.75, 3.05) is 0 Å². The minimum atomic E-state index is -0.125. The largest absolute Gasteiger partial charge is 0.663 e. The third-order valence-electron chi connectivity index (χ3n) is 18.8. The number of allylic oxidation sites excluding steroid dienone is 8. The second kappa shape index (κ2) is 46.7. The number of carbonyl (C=O) groups excluding carboxylic acids is 4. The van der Waals surface area contributed by atoms with E-state index in [1.54, 1.807) is 52.6 Å². The van der Waals surface area contributed by atoms with Crippen molar-refractivity contribution in [3.63, 3.8) is 0 Å². The summed E-state index contributed by atoms with van der Waals surface area (Å²) in [6, 6.07) is 60.6. The molecule has 0 spiro atoms. The normalized spacial score (nSPS) is 11.1. The molecule has 0 aliphatic heterocycles. The molecule has 670 valence electrons. The van der Waals surface area contributed by atoms with Crippen LogP contribution in [0.1, 0.15) is 55.4 Å². The summed E-state index contributed by atoms with van der Waals surface area (Å²) in [5, 5.41) is 47.0. The quantitative estimate of drug-likeness (QED) is 0.0939. The van der Waals surface area contributed by atoms with Gasteiger partial charge in [-0.3, -0.25) is 49.1 Å². The number of fused-ring (bicyclic) bond motifs is 30. The van der Waals surface area contributed by atoms with E-state index in [4.69, 9.17) is 33.7 Å². The van der Waals surface area contributed by atoms with E-state index in [1.807, 2.05) is 183 Å². The molecule has 130 heavy (non-hydrogen) atoms. The molecule has 23 nitrogen and oxygen atoms in total. The van der Waals surface area contributed by atoms with E-state index in [1.165, 1.54) is 140 Å². The summed E-state index contributed by atoms with van der Waals surface area (Å²) >= 11 is 5.33. The van der Waals surface area contributed by atoms with Crippen LogP contribution >= 0.6 is 34.0 Å². The van der Waals surface area contributed by atoms with E-state index in [0.717, 1.165) is 132 Å². The van der Waals surface area contributed by atoms with Crippen molar-refractivity contribution in [1.29, 1.82) is 0 Å². The molecule has 32 heteroatoms. The molecule has 0 saturated heterocycles. The van der Waals surface area contributed by atoms with Crippen LogP contribution in [0.4, 0.5) is 0 Å². The Morgan fingerprint density at radius 2 is 0.446 bits per heavy atom. The molecule has 24 aromatic rings. The van der Waals surface area contributed by atoms with Crippen molar-refractivity contribution >= 4 is 250 Å². The van der Waals surface area contributed by atoms with E-state index in [9.17, 15) is 19.2 Å². The molecule has 18 heterocycles. The number of rotatable bonds is 4. The first-order chi connectivity index (χ1) is 60.1. The van der Waals surface area contributed by atoms with E-state index >= 15 is 0 Å². The van der Waals surface area contributed by atoms with Gasteiger partial charge in [-0.25, -0.2) is 0 Å². The van der Waals surface area contributed by atoms with Gasteiger partial charge in [-0.05, 0) is 197 Å². The number of aromatic nitrogens is 12. The number of benzene rings is 6. The molecule has 0 amide bonds. The number of aliphatic hydroxyl groups is 4. The van der Waals surface area contributed by atoms with Crippen molar-refractivity contribution in [1.82, 2.24) is 59.8 Å². The molecule has 0 saturated carbocycles. The SMILES string of the molecule is CC(=O)C=C(C)O.CC(=O)C=C(C)O.CC(=O)C=C(C)O.CC(=O)C=C(C)O.[Ir].[Ir].[Ir].[Ir].[Ir].[Ir].c1cnc2c(c1)oc1ccc3cc[n-]c3c12.c1cnc2c(c1)oc1ccc3cc[n-]c3c12.c1cnc2c(c1)oc1ccc3cc[n-]c3c12.c1cnc2c(c1)sc1ccc3cc[n-]c3c12.c1cnc2c(c1)sc1ccc3cc[n-]c3c12.c1cnc2c(c1)sc1ccc3cc[n-]c3c12. The summed E-state index contributed by atoms with van der Waals surface area (Å²) in [5.41, 5.74) is 17.0. The first-order valence-corrected chi connectivity index (χ1v) is 41.1. The molecule has 24 rings (SSSR count).